The van der Waals surface area contributed by atoms with Gasteiger partial charge in [-0.1, -0.05) is 36.7 Å². The van der Waals surface area contributed by atoms with Gasteiger partial charge in [0.2, 0.25) is 5.91 Å². The van der Waals surface area contributed by atoms with Crippen LogP contribution in [0.25, 0.3) is 0 Å². The quantitative estimate of drug-likeness (QED) is 0.834. The fourth-order valence-corrected chi connectivity index (χ4v) is 4.26. The molecular formula is C19H21ClN2OS. The molecule has 1 atom stereocenters. The van der Waals surface area contributed by atoms with Crippen LogP contribution in [0.15, 0.2) is 47.4 Å². The molecule has 2 aromatic rings. The van der Waals surface area contributed by atoms with E-state index in [9.17, 15) is 4.79 Å². The highest BCUT2D eigenvalue weighted by atomic mass is 35.5. The molecule has 24 heavy (non-hydrogen) atoms. The number of carbonyl (C=O) groups is 1. The molecule has 0 radical (unpaired) electrons. The molecule has 0 saturated heterocycles. The van der Waals surface area contributed by atoms with Gasteiger partial charge >= 0.3 is 0 Å². The molecule has 1 aliphatic heterocycles. The van der Waals surface area contributed by atoms with Crippen molar-refractivity contribution in [2.24, 2.45) is 0 Å². The summed E-state index contributed by atoms with van der Waals surface area (Å²) in [5, 5.41) is 4.13. The van der Waals surface area contributed by atoms with Gasteiger partial charge in [-0.2, -0.15) is 0 Å². The minimum Gasteiger partial charge on any atom is -0.360 e. The number of benzene rings is 2. The van der Waals surface area contributed by atoms with Gasteiger partial charge in [-0.05, 0) is 43.2 Å². The summed E-state index contributed by atoms with van der Waals surface area (Å²) in [6, 6.07) is 13.8. The monoisotopic (exact) mass is 360 g/mol. The predicted molar refractivity (Wildman–Crippen MR) is 103 cm³/mol. The number of thioether (sulfide) groups is 1. The number of fused-ring (bicyclic) bond motifs is 1. The summed E-state index contributed by atoms with van der Waals surface area (Å²) in [5.74, 6) is -0.0167. The van der Waals surface area contributed by atoms with E-state index in [1.807, 2.05) is 36.9 Å². The zero-order valence-electron chi connectivity index (χ0n) is 13.9. The first kappa shape index (κ1) is 17.2. The zero-order chi connectivity index (χ0) is 17.1. The Morgan fingerprint density at radius 1 is 1.33 bits per heavy atom. The van der Waals surface area contributed by atoms with Crippen molar-refractivity contribution in [1.82, 2.24) is 0 Å². The summed E-state index contributed by atoms with van der Waals surface area (Å²) in [6.45, 7) is 5.39. The van der Waals surface area contributed by atoms with E-state index in [1.165, 1.54) is 4.90 Å². The smallest absolute Gasteiger partial charge is 0.243 e. The number of nitrogens with one attached hydrogen (secondary N) is 1. The number of anilines is 2. The van der Waals surface area contributed by atoms with Crippen molar-refractivity contribution in [3.8, 4) is 0 Å². The fourth-order valence-electron chi connectivity index (χ4n) is 2.83. The van der Waals surface area contributed by atoms with Crippen molar-refractivity contribution in [2.45, 2.75) is 30.4 Å². The van der Waals surface area contributed by atoms with Crippen LogP contribution >= 0.6 is 23.4 Å². The van der Waals surface area contributed by atoms with Crippen molar-refractivity contribution >= 4 is 40.6 Å². The summed E-state index contributed by atoms with van der Waals surface area (Å²) in [5.41, 5.74) is 2.93. The SMILES string of the molecule is CC[C@H]1CN(CC(=O)Nc2cc(Cl)ccc2C)c2ccccc2S1. The topological polar surface area (TPSA) is 32.3 Å². The van der Waals surface area contributed by atoms with Crippen LogP contribution in [0.1, 0.15) is 18.9 Å². The second kappa shape index (κ2) is 7.49. The third kappa shape index (κ3) is 3.87. The average Bonchev–Trinajstić information content (AvgIpc) is 2.58. The van der Waals surface area contributed by atoms with Crippen LogP contribution in [-0.4, -0.2) is 24.2 Å². The summed E-state index contributed by atoms with van der Waals surface area (Å²) < 4.78 is 0. The van der Waals surface area contributed by atoms with Crippen LogP contribution < -0.4 is 10.2 Å². The predicted octanol–water partition coefficient (Wildman–Crippen LogP) is 4.98. The molecule has 126 valence electrons. The third-order valence-electron chi connectivity index (χ3n) is 4.19. The molecule has 0 spiro atoms. The van der Waals surface area contributed by atoms with E-state index in [2.05, 4.69) is 35.3 Å². The lowest BCUT2D eigenvalue weighted by Crippen LogP contribution is -2.40. The van der Waals surface area contributed by atoms with Gasteiger partial charge in [0, 0.05) is 27.4 Å². The Hall–Kier alpha value is -1.65. The van der Waals surface area contributed by atoms with Crippen molar-refractivity contribution in [3.05, 3.63) is 53.1 Å². The number of aryl methyl sites for hydroxylation is 1. The van der Waals surface area contributed by atoms with Crippen LogP contribution in [0.2, 0.25) is 5.02 Å². The summed E-state index contributed by atoms with van der Waals surface area (Å²) in [7, 11) is 0. The molecule has 1 amide bonds. The Kier molecular flexibility index (Phi) is 5.36. The summed E-state index contributed by atoms with van der Waals surface area (Å²) >= 11 is 7.94. The van der Waals surface area contributed by atoms with Gasteiger partial charge in [0.05, 0.1) is 12.2 Å². The van der Waals surface area contributed by atoms with Gasteiger partial charge in [0.15, 0.2) is 0 Å². The van der Waals surface area contributed by atoms with E-state index < -0.39 is 0 Å². The second-order valence-corrected chi connectivity index (χ2v) is 7.78. The fraction of sp³-hybridized carbons (Fsp3) is 0.316. The Balaban J connectivity index is 1.75. The Labute approximate surface area is 152 Å². The lowest BCUT2D eigenvalue weighted by Gasteiger charge is -2.34. The first-order valence-electron chi connectivity index (χ1n) is 8.13. The number of nitrogens with zero attached hydrogens (tertiary/aromatic N) is 1. The van der Waals surface area contributed by atoms with Gasteiger partial charge in [-0.15, -0.1) is 11.8 Å². The van der Waals surface area contributed by atoms with Crippen LogP contribution in [0.5, 0.6) is 0 Å². The molecule has 0 aromatic heterocycles. The van der Waals surface area contributed by atoms with Gasteiger partial charge in [-0.3, -0.25) is 4.79 Å². The maximum atomic E-state index is 12.5. The van der Waals surface area contributed by atoms with E-state index in [0.29, 0.717) is 16.8 Å². The Morgan fingerprint density at radius 2 is 2.12 bits per heavy atom. The number of rotatable bonds is 4. The standard InChI is InChI=1S/C19H21ClN2OS/c1-3-15-11-22(17-6-4-5-7-18(17)24-15)12-19(23)21-16-10-14(20)9-8-13(16)2/h4-10,15H,3,11-12H2,1-2H3,(H,21,23)/t15-/m0/s1. The van der Waals surface area contributed by atoms with E-state index in [0.717, 1.165) is 29.9 Å². The molecule has 1 heterocycles. The minimum absolute atomic E-state index is 0.0167. The number of halogens is 1. The molecule has 2 aromatic carbocycles. The van der Waals surface area contributed by atoms with Crippen molar-refractivity contribution in [3.63, 3.8) is 0 Å². The molecule has 0 saturated carbocycles. The molecule has 0 unspecified atom stereocenters. The zero-order valence-corrected chi connectivity index (χ0v) is 15.5. The molecule has 5 heteroatoms. The van der Waals surface area contributed by atoms with Crippen molar-refractivity contribution < 1.29 is 4.79 Å². The normalized spacial score (nSPS) is 16.6. The maximum Gasteiger partial charge on any atom is 0.243 e. The maximum absolute atomic E-state index is 12.5. The molecule has 0 bridgehead atoms. The first-order chi connectivity index (χ1) is 11.6. The second-order valence-electron chi connectivity index (χ2n) is 6.00. The van der Waals surface area contributed by atoms with Crippen LogP contribution in [-0.2, 0) is 4.79 Å². The highest BCUT2D eigenvalue weighted by Crippen LogP contribution is 2.39. The van der Waals surface area contributed by atoms with Crippen LogP contribution in [0.4, 0.5) is 11.4 Å². The number of hydrogen-bond acceptors (Lipinski definition) is 3. The lowest BCUT2D eigenvalue weighted by atomic mass is 10.2. The van der Waals surface area contributed by atoms with Crippen LogP contribution in [0.3, 0.4) is 0 Å². The Morgan fingerprint density at radius 3 is 2.92 bits per heavy atom. The van der Waals surface area contributed by atoms with E-state index in [4.69, 9.17) is 11.6 Å². The number of hydrogen-bond donors (Lipinski definition) is 1. The molecule has 3 rings (SSSR count). The largest absolute Gasteiger partial charge is 0.360 e. The molecule has 1 N–H and O–H groups in total. The number of amides is 1. The van der Waals surface area contributed by atoms with E-state index in [-0.39, 0.29) is 5.91 Å². The highest BCUT2D eigenvalue weighted by molar-refractivity contribution is 8.00. The molecule has 0 fully saturated rings. The van der Waals surface area contributed by atoms with Crippen molar-refractivity contribution in [2.75, 3.05) is 23.3 Å². The highest BCUT2D eigenvalue weighted by Gasteiger charge is 2.25. The average molecular weight is 361 g/mol. The van der Waals surface area contributed by atoms with Gasteiger partial charge < -0.3 is 10.2 Å². The molecular weight excluding hydrogens is 340 g/mol. The molecule has 3 nitrogen and oxygen atoms in total. The number of para-hydroxylation sites is 1. The molecule has 0 aliphatic carbocycles. The lowest BCUT2D eigenvalue weighted by molar-refractivity contribution is -0.115. The van der Waals surface area contributed by atoms with Gasteiger partial charge in [-0.25, -0.2) is 0 Å². The summed E-state index contributed by atoms with van der Waals surface area (Å²) in [6.07, 6.45) is 1.09. The number of carbonyl (C=O) groups excluding carboxylic acids is 1. The van der Waals surface area contributed by atoms with E-state index in [1.54, 1.807) is 6.07 Å². The van der Waals surface area contributed by atoms with Gasteiger partial charge in [0.25, 0.3) is 0 Å². The Bertz CT molecular complexity index is 750. The van der Waals surface area contributed by atoms with Crippen LogP contribution in [0, 0.1) is 6.92 Å². The van der Waals surface area contributed by atoms with Crippen molar-refractivity contribution in [1.29, 1.82) is 0 Å². The first-order valence-corrected chi connectivity index (χ1v) is 9.39. The third-order valence-corrected chi connectivity index (χ3v) is 5.84. The summed E-state index contributed by atoms with van der Waals surface area (Å²) in [4.78, 5) is 16.0. The van der Waals surface area contributed by atoms with E-state index >= 15 is 0 Å². The van der Waals surface area contributed by atoms with Gasteiger partial charge in [0.1, 0.15) is 0 Å². The minimum atomic E-state index is -0.0167. The molecule has 1 aliphatic rings.